The van der Waals surface area contributed by atoms with E-state index < -0.39 is 28.1 Å². The molecule has 34 heavy (non-hydrogen) atoms. The normalized spacial score (nSPS) is 13.9. The van der Waals surface area contributed by atoms with Crippen LogP contribution in [0.4, 0.5) is 32.0 Å². The third-order valence-electron chi connectivity index (χ3n) is 5.35. The quantitative estimate of drug-likeness (QED) is 0.305. The summed E-state index contributed by atoms with van der Waals surface area (Å²) in [5, 5.41) is 5.23. The lowest BCUT2D eigenvalue weighted by atomic mass is 9.90. The number of alkyl halides is 7. The third kappa shape index (κ3) is 5.56. The molecule has 2 aromatic rings. The fourth-order valence-electron chi connectivity index (χ4n) is 3.45. The van der Waals surface area contributed by atoms with E-state index in [1.165, 1.54) is 26.8 Å². The van der Waals surface area contributed by atoms with Gasteiger partial charge in [0.2, 0.25) is 5.91 Å². The van der Waals surface area contributed by atoms with Crippen LogP contribution in [0.2, 0.25) is 0 Å². The SMILES string of the molecule is CCc1cc(C(F)(C(F)(F)F)C(F)(F)Br)cc(C)c1NC(=O)c1ccc(CNC(C)=O)c(C)c1. The molecule has 1 unspecified atom stereocenters. The van der Waals surface area contributed by atoms with Gasteiger partial charge in [-0.25, -0.2) is 4.39 Å². The zero-order valence-electron chi connectivity index (χ0n) is 18.8. The molecule has 186 valence electrons. The van der Waals surface area contributed by atoms with E-state index in [1.807, 2.05) is 0 Å². The zero-order chi connectivity index (χ0) is 26.1. The van der Waals surface area contributed by atoms with Crippen molar-refractivity contribution in [2.75, 3.05) is 5.32 Å². The minimum Gasteiger partial charge on any atom is -0.352 e. The summed E-state index contributed by atoms with van der Waals surface area (Å²) >= 11 is 1.54. The van der Waals surface area contributed by atoms with Crippen molar-refractivity contribution in [1.29, 1.82) is 0 Å². The van der Waals surface area contributed by atoms with Gasteiger partial charge in [0.15, 0.2) is 0 Å². The molecule has 0 fully saturated rings. The molecule has 2 rings (SSSR count). The Hall–Kier alpha value is -2.56. The first kappa shape index (κ1) is 27.7. The van der Waals surface area contributed by atoms with Gasteiger partial charge in [0.1, 0.15) is 0 Å². The molecule has 0 aliphatic heterocycles. The molecule has 1 atom stereocenters. The average molecular weight is 553 g/mol. The Balaban J connectivity index is 2.44. The molecule has 0 radical (unpaired) electrons. The summed E-state index contributed by atoms with van der Waals surface area (Å²) in [7, 11) is 0. The van der Waals surface area contributed by atoms with Crippen LogP contribution >= 0.6 is 15.9 Å². The molecule has 0 bridgehead atoms. The number of carbonyl (C=O) groups excluding carboxylic acids is 2. The summed E-state index contributed by atoms with van der Waals surface area (Å²) < 4.78 is 82.5. The average Bonchev–Trinajstić information content (AvgIpc) is 2.71. The molecule has 2 amide bonds. The van der Waals surface area contributed by atoms with Gasteiger partial charge >= 0.3 is 16.7 Å². The van der Waals surface area contributed by atoms with Gasteiger partial charge < -0.3 is 10.6 Å². The van der Waals surface area contributed by atoms with E-state index in [9.17, 15) is 35.9 Å². The minimum absolute atomic E-state index is 0.00951. The number of carbonyl (C=O) groups is 2. The van der Waals surface area contributed by atoms with Gasteiger partial charge in [-0.15, -0.1) is 0 Å². The van der Waals surface area contributed by atoms with Crippen molar-refractivity contribution in [3.8, 4) is 0 Å². The highest BCUT2D eigenvalue weighted by Gasteiger charge is 2.71. The highest BCUT2D eigenvalue weighted by atomic mass is 79.9. The number of nitrogens with one attached hydrogen (secondary N) is 2. The van der Waals surface area contributed by atoms with Crippen LogP contribution in [0.5, 0.6) is 0 Å². The second-order valence-electron chi connectivity index (χ2n) is 7.84. The van der Waals surface area contributed by atoms with E-state index in [4.69, 9.17) is 0 Å². The lowest BCUT2D eigenvalue weighted by Gasteiger charge is -2.33. The minimum atomic E-state index is -5.90. The largest absolute Gasteiger partial charge is 0.433 e. The highest BCUT2D eigenvalue weighted by Crippen LogP contribution is 2.55. The maximum Gasteiger partial charge on any atom is 0.433 e. The molecule has 0 aromatic heterocycles. The van der Waals surface area contributed by atoms with Gasteiger partial charge in [0, 0.05) is 30.3 Å². The maximum absolute atomic E-state index is 14.9. The molecule has 0 spiro atoms. The van der Waals surface area contributed by atoms with Gasteiger partial charge in [-0.05, 0) is 76.7 Å². The molecule has 0 heterocycles. The predicted octanol–water partition coefficient (Wildman–Crippen LogP) is 6.47. The summed E-state index contributed by atoms with van der Waals surface area (Å²) in [5.41, 5.74) is -4.35. The summed E-state index contributed by atoms with van der Waals surface area (Å²) in [6.07, 6.45) is -5.86. The van der Waals surface area contributed by atoms with Crippen molar-refractivity contribution < 1.29 is 35.9 Å². The van der Waals surface area contributed by atoms with E-state index in [-0.39, 0.29) is 41.3 Å². The number of halogens is 7. The van der Waals surface area contributed by atoms with Crippen LogP contribution in [-0.2, 0) is 23.4 Å². The molecule has 0 aliphatic carbocycles. The van der Waals surface area contributed by atoms with Crippen molar-refractivity contribution >= 4 is 33.4 Å². The van der Waals surface area contributed by atoms with Crippen molar-refractivity contribution in [2.24, 2.45) is 0 Å². The van der Waals surface area contributed by atoms with E-state index in [1.54, 1.807) is 35.0 Å². The van der Waals surface area contributed by atoms with Gasteiger partial charge in [0.05, 0.1) is 0 Å². The topological polar surface area (TPSA) is 58.2 Å². The highest BCUT2D eigenvalue weighted by molar-refractivity contribution is 9.10. The van der Waals surface area contributed by atoms with Crippen LogP contribution in [0.25, 0.3) is 0 Å². The first-order valence-electron chi connectivity index (χ1n) is 10.1. The van der Waals surface area contributed by atoms with Crippen LogP contribution < -0.4 is 10.6 Å². The molecular formula is C23H23BrF6N2O2. The summed E-state index contributed by atoms with van der Waals surface area (Å²) in [4.78, 5) is 19.0. The monoisotopic (exact) mass is 552 g/mol. The smallest absolute Gasteiger partial charge is 0.352 e. The lowest BCUT2D eigenvalue weighted by molar-refractivity contribution is -0.282. The fourth-order valence-corrected chi connectivity index (χ4v) is 3.90. The lowest BCUT2D eigenvalue weighted by Crippen LogP contribution is -2.49. The third-order valence-corrected chi connectivity index (χ3v) is 5.89. The molecule has 0 saturated heterocycles. The van der Waals surface area contributed by atoms with E-state index in [2.05, 4.69) is 10.6 Å². The fraction of sp³-hybridized carbons (Fsp3) is 0.391. The van der Waals surface area contributed by atoms with Gasteiger partial charge in [-0.3, -0.25) is 9.59 Å². The Morgan fingerprint density at radius 2 is 1.56 bits per heavy atom. The molecular weight excluding hydrogens is 530 g/mol. The van der Waals surface area contributed by atoms with Crippen molar-refractivity contribution in [1.82, 2.24) is 5.32 Å². The van der Waals surface area contributed by atoms with E-state index >= 15 is 0 Å². The number of hydrogen-bond donors (Lipinski definition) is 2. The Bertz CT molecular complexity index is 1080. The first-order valence-corrected chi connectivity index (χ1v) is 10.9. The van der Waals surface area contributed by atoms with Gasteiger partial charge in [-0.2, -0.15) is 22.0 Å². The summed E-state index contributed by atoms with van der Waals surface area (Å²) in [5.74, 6) is -0.805. The molecule has 4 nitrogen and oxygen atoms in total. The Morgan fingerprint density at radius 1 is 0.941 bits per heavy atom. The molecule has 0 saturated carbocycles. The van der Waals surface area contributed by atoms with Crippen molar-refractivity contribution in [3.05, 3.63) is 63.7 Å². The standard InChI is InChI=1S/C23H23BrF6N2O2/c1-5-15-10-18(21(25,22(24,26)27)23(28,29)30)9-13(3)19(15)32-20(34)16-6-7-17(12(2)8-16)11-31-14(4)33/h6-10H,5,11H2,1-4H3,(H,31,33)(H,32,34). The zero-order valence-corrected chi connectivity index (χ0v) is 20.3. The summed E-state index contributed by atoms with van der Waals surface area (Å²) in [6.45, 7) is 6.21. The van der Waals surface area contributed by atoms with Crippen LogP contribution in [0.3, 0.4) is 0 Å². The van der Waals surface area contributed by atoms with E-state index in [0.717, 1.165) is 11.1 Å². The predicted molar refractivity (Wildman–Crippen MR) is 120 cm³/mol. The van der Waals surface area contributed by atoms with Crippen LogP contribution in [0, 0.1) is 13.8 Å². The number of hydrogen-bond acceptors (Lipinski definition) is 2. The number of aryl methyl sites for hydroxylation is 3. The summed E-state index contributed by atoms with van der Waals surface area (Å²) in [6, 6.07) is 6.07. The van der Waals surface area contributed by atoms with Crippen LogP contribution in [0.1, 0.15) is 52.0 Å². The van der Waals surface area contributed by atoms with Crippen LogP contribution in [0.15, 0.2) is 30.3 Å². The number of benzene rings is 2. The molecule has 11 heteroatoms. The van der Waals surface area contributed by atoms with Gasteiger partial charge in [-0.1, -0.05) is 19.1 Å². The Labute approximate surface area is 201 Å². The second kappa shape index (κ2) is 9.97. The second-order valence-corrected chi connectivity index (χ2v) is 8.84. The van der Waals surface area contributed by atoms with Crippen LogP contribution in [-0.4, -0.2) is 22.8 Å². The first-order chi connectivity index (χ1) is 15.5. The molecule has 2 N–H and O–H groups in total. The molecule has 2 aromatic carbocycles. The number of rotatable bonds is 7. The van der Waals surface area contributed by atoms with Gasteiger partial charge in [0.25, 0.3) is 5.91 Å². The Kier molecular flexibility index (Phi) is 8.12. The molecule has 0 aliphatic rings. The van der Waals surface area contributed by atoms with E-state index in [0.29, 0.717) is 12.1 Å². The Morgan fingerprint density at radius 3 is 2.03 bits per heavy atom. The maximum atomic E-state index is 14.9. The number of anilines is 1. The number of amides is 2. The van der Waals surface area contributed by atoms with Crippen molar-refractivity contribution in [2.45, 2.75) is 57.3 Å². The van der Waals surface area contributed by atoms with Crippen molar-refractivity contribution in [3.63, 3.8) is 0 Å².